The van der Waals surface area contributed by atoms with E-state index in [1.54, 1.807) is 12.1 Å². The SMILES string of the molecule is C=C(/C=C/C1=C(N(c2ccccc2)c2ccccc2)C(=C/C=C2\N(C)c3ccc4ccccc4c3C2(C)C)/CCC1)C(C)(C)c1c(C)ccc2cc(C(=O)O)ccc12. The van der Waals surface area contributed by atoms with E-state index in [0.29, 0.717) is 0 Å². The van der Waals surface area contributed by atoms with Gasteiger partial charge in [-0.05, 0) is 130 Å². The van der Waals surface area contributed by atoms with Crippen LogP contribution in [0.5, 0.6) is 0 Å². The number of anilines is 3. The molecule has 290 valence electrons. The van der Waals surface area contributed by atoms with Gasteiger partial charge >= 0.3 is 5.97 Å². The normalized spacial score (nSPS) is 16.8. The molecule has 8 rings (SSSR count). The molecule has 0 spiro atoms. The van der Waals surface area contributed by atoms with Gasteiger partial charge in [-0.2, -0.15) is 0 Å². The highest BCUT2D eigenvalue weighted by atomic mass is 16.4. The van der Waals surface area contributed by atoms with E-state index in [1.807, 2.05) is 12.1 Å². The second-order valence-electron chi connectivity index (χ2n) is 16.8. The maximum atomic E-state index is 11.8. The molecule has 6 aromatic carbocycles. The number of nitrogens with zero attached hydrogens (tertiary/aromatic N) is 2. The third-order valence-electron chi connectivity index (χ3n) is 12.5. The van der Waals surface area contributed by atoms with Crippen molar-refractivity contribution in [2.45, 2.75) is 64.7 Å². The van der Waals surface area contributed by atoms with Gasteiger partial charge in [0, 0.05) is 40.6 Å². The van der Waals surface area contributed by atoms with Crippen molar-refractivity contribution in [1.29, 1.82) is 0 Å². The third-order valence-corrected chi connectivity index (χ3v) is 12.5. The highest BCUT2D eigenvalue weighted by Gasteiger charge is 2.39. The predicted molar refractivity (Wildman–Crippen MR) is 244 cm³/mol. The smallest absolute Gasteiger partial charge is 0.335 e. The van der Waals surface area contributed by atoms with E-state index in [0.717, 1.165) is 58.1 Å². The number of para-hydroxylation sites is 2. The van der Waals surface area contributed by atoms with E-state index in [-0.39, 0.29) is 11.0 Å². The molecule has 2 aliphatic rings. The number of fused-ring (bicyclic) bond motifs is 4. The summed E-state index contributed by atoms with van der Waals surface area (Å²) >= 11 is 0. The fourth-order valence-corrected chi connectivity index (χ4v) is 9.43. The molecule has 1 heterocycles. The summed E-state index contributed by atoms with van der Waals surface area (Å²) in [6, 6.07) is 44.2. The molecule has 4 nitrogen and oxygen atoms in total. The molecule has 0 bridgehead atoms. The predicted octanol–water partition coefficient (Wildman–Crippen LogP) is 13.9. The van der Waals surface area contributed by atoms with Crippen LogP contribution in [0.1, 0.15) is 74.0 Å². The first-order valence-corrected chi connectivity index (χ1v) is 20.3. The summed E-state index contributed by atoms with van der Waals surface area (Å²) in [7, 11) is 2.20. The summed E-state index contributed by atoms with van der Waals surface area (Å²) in [5, 5.41) is 14.2. The van der Waals surface area contributed by atoms with Crippen LogP contribution in [0.15, 0.2) is 186 Å². The molecule has 1 aliphatic carbocycles. The van der Waals surface area contributed by atoms with Crippen molar-refractivity contribution >= 4 is 44.6 Å². The van der Waals surface area contributed by atoms with Crippen LogP contribution in [-0.4, -0.2) is 18.1 Å². The van der Waals surface area contributed by atoms with Crippen LogP contribution in [0.2, 0.25) is 0 Å². The summed E-state index contributed by atoms with van der Waals surface area (Å²) in [6.07, 6.45) is 12.2. The van der Waals surface area contributed by atoms with Crippen LogP contribution in [0.4, 0.5) is 17.1 Å². The van der Waals surface area contributed by atoms with Gasteiger partial charge in [-0.15, -0.1) is 0 Å². The molecule has 0 fully saturated rings. The molecule has 0 radical (unpaired) electrons. The number of carboxylic acid groups (broad SMARTS) is 1. The lowest BCUT2D eigenvalue weighted by Gasteiger charge is -2.34. The van der Waals surface area contributed by atoms with Crippen LogP contribution in [0.3, 0.4) is 0 Å². The number of likely N-dealkylation sites (N-methyl/N-ethyl adjacent to an activating group) is 1. The Morgan fingerprint density at radius 3 is 2.14 bits per heavy atom. The average Bonchev–Trinajstić information content (AvgIpc) is 3.43. The molecular weight excluding hydrogens is 709 g/mol. The number of rotatable bonds is 9. The van der Waals surface area contributed by atoms with Gasteiger partial charge in [0.25, 0.3) is 0 Å². The number of aromatic carboxylic acids is 1. The molecule has 1 N–H and O–H groups in total. The van der Waals surface area contributed by atoms with Crippen LogP contribution in [0, 0.1) is 6.92 Å². The maximum absolute atomic E-state index is 11.8. The first-order chi connectivity index (χ1) is 27.9. The van der Waals surface area contributed by atoms with Crippen LogP contribution < -0.4 is 9.80 Å². The molecule has 1 aliphatic heterocycles. The minimum atomic E-state index is -0.922. The Balaban J connectivity index is 1.26. The van der Waals surface area contributed by atoms with E-state index in [4.69, 9.17) is 6.58 Å². The van der Waals surface area contributed by atoms with Gasteiger partial charge in [-0.1, -0.05) is 137 Å². The van der Waals surface area contributed by atoms with E-state index in [1.165, 1.54) is 44.6 Å². The molecular formula is C54H52N2O2. The number of carboxylic acids is 1. The maximum Gasteiger partial charge on any atom is 0.335 e. The van der Waals surface area contributed by atoms with E-state index in [2.05, 4.69) is 179 Å². The van der Waals surface area contributed by atoms with Gasteiger partial charge in [-0.3, -0.25) is 0 Å². The van der Waals surface area contributed by atoms with E-state index < -0.39 is 11.4 Å². The topological polar surface area (TPSA) is 43.8 Å². The Morgan fingerprint density at radius 2 is 1.45 bits per heavy atom. The lowest BCUT2D eigenvalue weighted by Crippen LogP contribution is -2.24. The number of hydrogen-bond donors (Lipinski definition) is 1. The minimum absolute atomic E-state index is 0.194. The highest BCUT2D eigenvalue weighted by Crippen LogP contribution is 2.50. The highest BCUT2D eigenvalue weighted by molar-refractivity contribution is 5.97. The molecule has 0 unspecified atom stereocenters. The molecule has 6 aromatic rings. The number of carbonyl (C=O) groups is 1. The zero-order chi connectivity index (χ0) is 40.8. The summed E-state index contributed by atoms with van der Waals surface area (Å²) in [5.74, 6) is -0.922. The van der Waals surface area contributed by atoms with Gasteiger partial charge < -0.3 is 14.9 Å². The van der Waals surface area contributed by atoms with Gasteiger partial charge in [-0.25, -0.2) is 4.79 Å². The molecule has 58 heavy (non-hydrogen) atoms. The number of hydrogen-bond acceptors (Lipinski definition) is 3. The fraction of sp³-hybridized carbons (Fsp3) is 0.204. The van der Waals surface area contributed by atoms with Crippen molar-refractivity contribution in [3.63, 3.8) is 0 Å². The molecule has 0 saturated carbocycles. The van der Waals surface area contributed by atoms with Crippen molar-refractivity contribution in [2.75, 3.05) is 16.8 Å². The van der Waals surface area contributed by atoms with Crippen LogP contribution in [-0.2, 0) is 10.8 Å². The monoisotopic (exact) mass is 760 g/mol. The lowest BCUT2D eigenvalue weighted by atomic mass is 9.74. The van der Waals surface area contributed by atoms with Crippen molar-refractivity contribution in [3.8, 4) is 0 Å². The molecule has 0 saturated heterocycles. The molecule has 0 amide bonds. The molecule has 4 heteroatoms. The summed E-state index contributed by atoms with van der Waals surface area (Å²) in [4.78, 5) is 16.6. The van der Waals surface area contributed by atoms with Gasteiger partial charge in [0.05, 0.1) is 11.3 Å². The van der Waals surface area contributed by atoms with Gasteiger partial charge in [0.15, 0.2) is 0 Å². The number of allylic oxidation sites excluding steroid dienone is 8. The van der Waals surface area contributed by atoms with E-state index >= 15 is 0 Å². The standard InChI is InChI=1S/C54H52N2O2/c1-36-25-27-41-35-42(52(57)58)29-32-46(41)49(36)53(3,4)37(2)26-28-39-18-16-19-40(51(39)56(43-20-10-8-11-21-43)44-22-12-9-13-23-44)31-34-48-54(5,6)50-45-24-15-14-17-38(45)30-33-47(50)55(48)7/h8-15,17,20-35H,2,16,18-19H2,1,3-7H3,(H,57,58)/b28-26+,40-31+,48-34-. The Morgan fingerprint density at radius 1 is 0.793 bits per heavy atom. The Hall–Kier alpha value is -6.39. The van der Waals surface area contributed by atoms with Gasteiger partial charge in [0.1, 0.15) is 0 Å². The number of aryl methyl sites for hydroxylation is 1. The number of benzene rings is 6. The molecule has 0 atom stereocenters. The minimum Gasteiger partial charge on any atom is -0.478 e. The first kappa shape index (κ1) is 38.5. The van der Waals surface area contributed by atoms with Crippen LogP contribution in [0.25, 0.3) is 21.5 Å². The fourth-order valence-electron chi connectivity index (χ4n) is 9.43. The zero-order valence-electron chi connectivity index (χ0n) is 34.5. The van der Waals surface area contributed by atoms with Crippen molar-refractivity contribution in [2.24, 2.45) is 0 Å². The van der Waals surface area contributed by atoms with Crippen molar-refractivity contribution < 1.29 is 9.90 Å². The van der Waals surface area contributed by atoms with Crippen LogP contribution >= 0.6 is 0 Å². The average molecular weight is 761 g/mol. The van der Waals surface area contributed by atoms with Gasteiger partial charge in [0.2, 0.25) is 0 Å². The summed E-state index contributed by atoms with van der Waals surface area (Å²) < 4.78 is 0. The largest absolute Gasteiger partial charge is 0.478 e. The zero-order valence-corrected chi connectivity index (χ0v) is 34.5. The lowest BCUT2D eigenvalue weighted by molar-refractivity contribution is 0.0697. The second-order valence-corrected chi connectivity index (χ2v) is 16.8. The van der Waals surface area contributed by atoms with Crippen molar-refractivity contribution in [3.05, 3.63) is 209 Å². The Kier molecular flexibility index (Phi) is 10.1. The van der Waals surface area contributed by atoms with E-state index in [9.17, 15) is 9.90 Å². The Bertz CT molecular complexity index is 2670. The molecule has 0 aromatic heterocycles. The summed E-state index contributed by atoms with van der Waals surface area (Å²) in [5.41, 5.74) is 12.8. The third kappa shape index (κ3) is 6.77. The van der Waals surface area contributed by atoms with Crippen molar-refractivity contribution in [1.82, 2.24) is 0 Å². The summed E-state index contributed by atoms with van der Waals surface area (Å²) in [6.45, 7) is 16.0. The quantitative estimate of drug-likeness (QED) is 0.149. The Labute approximate surface area is 343 Å². The first-order valence-electron chi connectivity index (χ1n) is 20.3. The second kappa shape index (κ2) is 15.2.